The molecule has 0 spiro atoms. The standard InChI is InChI=1S/C14H12Cl2F3NO3/c1-2-23-13(22)11(12(21)14(17,18)19)10(20)6-7-3-4-8(15)9(16)5-7/h3-5,11,20H,2,6H2,1H3. The van der Waals surface area contributed by atoms with Crippen LogP contribution in [0.15, 0.2) is 18.2 Å². The van der Waals surface area contributed by atoms with Crippen LogP contribution in [0.2, 0.25) is 10.0 Å². The summed E-state index contributed by atoms with van der Waals surface area (Å²) in [5.74, 6) is -6.06. The van der Waals surface area contributed by atoms with Gasteiger partial charge < -0.3 is 10.1 Å². The van der Waals surface area contributed by atoms with E-state index < -0.39 is 29.6 Å². The van der Waals surface area contributed by atoms with Crippen LogP contribution in [0, 0.1) is 11.3 Å². The van der Waals surface area contributed by atoms with E-state index in [4.69, 9.17) is 28.6 Å². The van der Waals surface area contributed by atoms with Gasteiger partial charge in [0.25, 0.3) is 5.78 Å². The van der Waals surface area contributed by atoms with Crippen LogP contribution in [-0.2, 0) is 20.7 Å². The first-order valence-corrected chi connectivity index (χ1v) is 7.12. The second-order valence-corrected chi connectivity index (χ2v) is 5.31. The second-order valence-electron chi connectivity index (χ2n) is 4.50. The molecular weight excluding hydrogens is 358 g/mol. The maximum absolute atomic E-state index is 12.6. The fourth-order valence-electron chi connectivity index (χ4n) is 1.77. The molecule has 4 nitrogen and oxygen atoms in total. The topological polar surface area (TPSA) is 67.2 Å². The lowest BCUT2D eigenvalue weighted by atomic mass is 9.93. The van der Waals surface area contributed by atoms with Crippen LogP contribution in [0.5, 0.6) is 0 Å². The Morgan fingerprint density at radius 2 is 1.87 bits per heavy atom. The molecule has 1 aromatic carbocycles. The molecule has 0 fully saturated rings. The van der Waals surface area contributed by atoms with E-state index >= 15 is 0 Å². The van der Waals surface area contributed by atoms with Crippen molar-refractivity contribution in [1.82, 2.24) is 0 Å². The average molecular weight is 370 g/mol. The lowest BCUT2D eigenvalue weighted by Crippen LogP contribution is -2.41. The second kappa shape index (κ2) is 7.79. The highest BCUT2D eigenvalue weighted by atomic mass is 35.5. The summed E-state index contributed by atoms with van der Waals surface area (Å²) in [7, 11) is 0. The molecule has 0 aromatic heterocycles. The van der Waals surface area contributed by atoms with Crippen LogP contribution >= 0.6 is 23.2 Å². The van der Waals surface area contributed by atoms with Gasteiger partial charge in [0.1, 0.15) is 0 Å². The molecule has 0 saturated heterocycles. The van der Waals surface area contributed by atoms with Gasteiger partial charge >= 0.3 is 12.1 Å². The first-order chi connectivity index (χ1) is 10.6. The van der Waals surface area contributed by atoms with Crippen LogP contribution in [0.25, 0.3) is 0 Å². The summed E-state index contributed by atoms with van der Waals surface area (Å²) in [6.45, 7) is 1.18. The van der Waals surface area contributed by atoms with Crippen molar-refractivity contribution in [2.45, 2.75) is 19.5 Å². The molecule has 126 valence electrons. The molecule has 1 aromatic rings. The van der Waals surface area contributed by atoms with Gasteiger partial charge in [0, 0.05) is 12.1 Å². The minimum absolute atomic E-state index is 0.145. The summed E-state index contributed by atoms with van der Waals surface area (Å²) < 4.78 is 42.3. The summed E-state index contributed by atoms with van der Waals surface area (Å²) in [6.07, 6.45) is -5.62. The zero-order valence-electron chi connectivity index (χ0n) is 11.8. The lowest BCUT2D eigenvalue weighted by Gasteiger charge is -2.17. The predicted molar refractivity (Wildman–Crippen MR) is 79.1 cm³/mol. The van der Waals surface area contributed by atoms with Gasteiger partial charge in [-0.1, -0.05) is 29.3 Å². The third-order valence-corrected chi connectivity index (χ3v) is 3.53. The normalized spacial score (nSPS) is 12.6. The summed E-state index contributed by atoms with van der Waals surface area (Å²) in [6, 6.07) is 4.18. The van der Waals surface area contributed by atoms with E-state index in [0.29, 0.717) is 5.56 Å². The Morgan fingerprint density at radius 1 is 1.26 bits per heavy atom. The Labute approximate surface area is 140 Å². The van der Waals surface area contributed by atoms with Crippen LogP contribution in [0.1, 0.15) is 12.5 Å². The highest BCUT2D eigenvalue weighted by molar-refractivity contribution is 6.42. The Bertz CT molecular complexity index is 632. The molecule has 1 unspecified atom stereocenters. The zero-order chi connectivity index (χ0) is 17.8. The number of ketones is 1. The Balaban J connectivity index is 3.06. The first-order valence-electron chi connectivity index (χ1n) is 6.36. The molecule has 0 aliphatic heterocycles. The molecule has 0 saturated carbocycles. The molecule has 0 aliphatic rings. The van der Waals surface area contributed by atoms with Crippen molar-refractivity contribution in [2.75, 3.05) is 6.61 Å². The number of hydrogen-bond donors (Lipinski definition) is 1. The molecule has 0 amide bonds. The number of esters is 1. The van der Waals surface area contributed by atoms with Crippen molar-refractivity contribution in [3.63, 3.8) is 0 Å². The van der Waals surface area contributed by atoms with E-state index in [2.05, 4.69) is 4.74 Å². The Kier molecular flexibility index (Phi) is 6.58. The molecule has 0 aliphatic carbocycles. The van der Waals surface area contributed by atoms with Crippen molar-refractivity contribution in [3.8, 4) is 0 Å². The average Bonchev–Trinajstić information content (AvgIpc) is 2.42. The van der Waals surface area contributed by atoms with Crippen molar-refractivity contribution in [2.24, 2.45) is 5.92 Å². The van der Waals surface area contributed by atoms with Gasteiger partial charge in [-0.2, -0.15) is 13.2 Å². The number of alkyl halides is 3. The van der Waals surface area contributed by atoms with E-state index in [0.717, 1.165) is 0 Å². The molecule has 0 bridgehead atoms. The van der Waals surface area contributed by atoms with Crippen molar-refractivity contribution >= 4 is 40.7 Å². The van der Waals surface area contributed by atoms with E-state index in [-0.39, 0.29) is 23.1 Å². The summed E-state index contributed by atoms with van der Waals surface area (Å²) >= 11 is 11.5. The number of ether oxygens (including phenoxy) is 1. The molecule has 23 heavy (non-hydrogen) atoms. The Hall–Kier alpha value is -1.60. The molecule has 1 atom stereocenters. The Morgan fingerprint density at radius 3 is 2.35 bits per heavy atom. The molecule has 1 rings (SSSR count). The van der Waals surface area contributed by atoms with Gasteiger partial charge in [0.2, 0.25) is 0 Å². The largest absolute Gasteiger partial charge is 0.465 e. The number of rotatable bonds is 6. The quantitative estimate of drug-likeness (QED) is 0.470. The van der Waals surface area contributed by atoms with Gasteiger partial charge in [-0.05, 0) is 24.6 Å². The van der Waals surface area contributed by atoms with Crippen molar-refractivity contribution in [1.29, 1.82) is 5.41 Å². The molecule has 1 N–H and O–H groups in total. The molecule has 0 radical (unpaired) electrons. The maximum atomic E-state index is 12.6. The number of halogens is 5. The lowest BCUT2D eigenvalue weighted by molar-refractivity contribution is -0.177. The smallest absolute Gasteiger partial charge is 0.451 e. The summed E-state index contributed by atoms with van der Waals surface area (Å²) in [5, 5.41) is 8.11. The van der Waals surface area contributed by atoms with Gasteiger partial charge in [0.15, 0.2) is 5.92 Å². The molecule has 9 heteroatoms. The summed E-state index contributed by atoms with van der Waals surface area (Å²) in [4.78, 5) is 23.1. The molecule has 0 heterocycles. The van der Waals surface area contributed by atoms with E-state index in [1.807, 2.05) is 0 Å². The SMILES string of the molecule is CCOC(=O)C(C(=N)Cc1ccc(Cl)c(Cl)c1)C(=O)C(F)(F)F. The fourth-order valence-corrected chi connectivity index (χ4v) is 2.09. The van der Waals surface area contributed by atoms with Gasteiger partial charge in [-0.15, -0.1) is 0 Å². The maximum Gasteiger partial charge on any atom is 0.451 e. The minimum Gasteiger partial charge on any atom is -0.465 e. The highest BCUT2D eigenvalue weighted by Gasteiger charge is 2.48. The van der Waals surface area contributed by atoms with E-state index in [1.165, 1.54) is 25.1 Å². The van der Waals surface area contributed by atoms with E-state index in [9.17, 15) is 22.8 Å². The van der Waals surface area contributed by atoms with Crippen molar-refractivity contribution < 1.29 is 27.5 Å². The highest BCUT2D eigenvalue weighted by Crippen LogP contribution is 2.26. The number of carbonyl (C=O) groups excluding carboxylic acids is 2. The third kappa shape index (κ3) is 5.21. The predicted octanol–water partition coefficient (Wildman–Crippen LogP) is 3.87. The van der Waals surface area contributed by atoms with Crippen molar-refractivity contribution in [3.05, 3.63) is 33.8 Å². The fraction of sp³-hybridized carbons (Fsp3) is 0.357. The van der Waals surface area contributed by atoms with Gasteiger partial charge in [-0.3, -0.25) is 9.59 Å². The number of Topliss-reactive ketones (excluding diaryl/α,β-unsaturated/α-hetero) is 1. The summed E-state index contributed by atoms with van der Waals surface area (Å²) in [5.41, 5.74) is -0.391. The van der Waals surface area contributed by atoms with Gasteiger partial charge in [0.05, 0.1) is 16.7 Å². The third-order valence-electron chi connectivity index (χ3n) is 2.79. The first kappa shape index (κ1) is 19.4. The van der Waals surface area contributed by atoms with Crippen LogP contribution in [0.4, 0.5) is 13.2 Å². The van der Waals surface area contributed by atoms with Crippen LogP contribution in [-0.4, -0.2) is 30.2 Å². The number of hydrogen-bond acceptors (Lipinski definition) is 4. The van der Waals surface area contributed by atoms with E-state index in [1.54, 1.807) is 0 Å². The number of benzene rings is 1. The van der Waals surface area contributed by atoms with Crippen LogP contribution < -0.4 is 0 Å². The number of carbonyl (C=O) groups is 2. The molecular formula is C14H12Cl2F3NO3. The van der Waals surface area contributed by atoms with Crippen LogP contribution in [0.3, 0.4) is 0 Å². The number of nitrogens with one attached hydrogen (secondary N) is 1. The van der Waals surface area contributed by atoms with Gasteiger partial charge in [-0.25, -0.2) is 0 Å². The zero-order valence-corrected chi connectivity index (χ0v) is 13.4. The monoisotopic (exact) mass is 369 g/mol. The minimum atomic E-state index is -5.25.